The highest BCUT2D eigenvalue weighted by Crippen LogP contribution is 2.23. The maximum Gasteiger partial charge on any atom is 0.408 e. The Hall–Kier alpha value is -4.46. The van der Waals surface area contributed by atoms with Gasteiger partial charge in [0.2, 0.25) is 0 Å². The summed E-state index contributed by atoms with van der Waals surface area (Å²) in [6, 6.07) is 14.1. The number of carbonyl (C=O) groups is 2. The second-order valence-corrected chi connectivity index (χ2v) is 9.75. The molecule has 0 bridgehead atoms. The number of nitrogens with zero attached hydrogens (tertiary/aromatic N) is 2. The maximum atomic E-state index is 12.0. The lowest BCUT2D eigenvalue weighted by Crippen LogP contribution is -2.42. The highest BCUT2D eigenvalue weighted by molar-refractivity contribution is 5.80. The van der Waals surface area contributed by atoms with E-state index in [9.17, 15) is 14.7 Å². The second kappa shape index (κ2) is 16.6. The summed E-state index contributed by atoms with van der Waals surface area (Å²) in [4.78, 5) is 32.8. The molecule has 3 aromatic rings. The van der Waals surface area contributed by atoms with Crippen LogP contribution in [0.15, 0.2) is 85.2 Å². The fourth-order valence-corrected chi connectivity index (χ4v) is 4.12. The number of unbranched alkanes of at least 4 members (excludes halogenated alkanes) is 4. The number of ether oxygens (including phenoxy) is 2. The van der Waals surface area contributed by atoms with Crippen molar-refractivity contribution in [2.45, 2.75) is 58.4 Å². The number of aromatic nitrogens is 2. The number of allylic oxidation sites excluding steroid dienone is 1. The molecule has 1 amide bonds. The fourth-order valence-electron chi connectivity index (χ4n) is 4.12. The molecule has 3 rings (SSSR count). The Balaban J connectivity index is 1.53. The van der Waals surface area contributed by atoms with Crippen LogP contribution in [0.5, 0.6) is 5.75 Å². The van der Waals surface area contributed by atoms with Crippen molar-refractivity contribution in [1.29, 1.82) is 0 Å². The average Bonchev–Trinajstić information content (AvgIpc) is 2.98. The number of nitrogens with one attached hydrogen (secondary N) is 1. The lowest BCUT2D eigenvalue weighted by atomic mass is 10.0. The number of aliphatic carboxylic acids is 1. The number of alkyl carbamates (subject to hydrolysis) is 1. The van der Waals surface area contributed by atoms with E-state index in [1.54, 1.807) is 36.7 Å². The Kier molecular flexibility index (Phi) is 12.6. The molecule has 8 heteroatoms. The van der Waals surface area contributed by atoms with Crippen LogP contribution in [0, 0.1) is 0 Å². The van der Waals surface area contributed by atoms with Gasteiger partial charge < -0.3 is 19.9 Å². The Bertz CT molecular complexity index is 1290. The van der Waals surface area contributed by atoms with E-state index in [2.05, 4.69) is 28.8 Å². The van der Waals surface area contributed by atoms with E-state index < -0.39 is 18.1 Å². The lowest BCUT2D eigenvalue weighted by Gasteiger charge is -2.15. The second-order valence-electron chi connectivity index (χ2n) is 9.75. The summed E-state index contributed by atoms with van der Waals surface area (Å²) in [7, 11) is 0. The number of carbonyl (C=O) groups excluding carboxylic acids is 1. The van der Waals surface area contributed by atoms with Gasteiger partial charge in [-0.3, -0.25) is 0 Å². The van der Waals surface area contributed by atoms with E-state index in [0.29, 0.717) is 11.4 Å². The Morgan fingerprint density at radius 3 is 2.24 bits per heavy atom. The summed E-state index contributed by atoms with van der Waals surface area (Å²) in [5, 5.41) is 12.0. The topological polar surface area (TPSA) is 111 Å². The van der Waals surface area contributed by atoms with E-state index in [1.165, 1.54) is 25.7 Å². The molecule has 8 nitrogen and oxygen atoms in total. The van der Waals surface area contributed by atoms with Gasteiger partial charge >= 0.3 is 12.1 Å². The molecule has 2 aromatic carbocycles. The predicted molar refractivity (Wildman–Crippen MR) is 161 cm³/mol. The zero-order chi connectivity index (χ0) is 29.5. The van der Waals surface area contributed by atoms with Gasteiger partial charge in [-0.15, -0.1) is 0 Å². The summed E-state index contributed by atoms with van der Waals surface area (Å²) in [6.07, 6.45) is 12.4. The summed E-state index contributed by atoms with van der Waals surface area (Å²) in [6.45, 7) is 8.50. The average molecular weight is 558 g/mol. The van der Waals surface area contributed by atoms with Crippen molar-refractivity contribution in [2.75, 3.05) is 13.2 Å². The molecule has 1 aromatic heterocycles. The van der Waals surface area contributed by atoms with Crippen molar-refractivity contribution in [2.24, 2.45) is 0 Å². The smallest absolute Gasteiger partial charge is 0.408 e. The van der Waals surface area contributed by atoms with Crippen LogP contribution in [0.1, 0.15) is 51.5 Å². The molecule has 0 saturated carbocycles. The first kappa shape index (κ1) is 31.1. The minimum Gasteiger partial charge on any atom is -0.494 e. The van der Waals surface area contributed by atoms with E-state index in [1.807, 2.05) is 43.3 Å². The van der Waals surface area contributed by atoms with Gasteiger partial charge in [0.05, 0.1) is 6.61 Å². The predicted octanol–water partition coefficient (Wildman–Crippen LogP) is 7.01. The van der Waals surface area contributed by atoms with Crippen LogP contribution >= 0.6 is 0 Å². The van der Waals surface area contributed by atoms with Gasteiger partial charge in [-0.2, -0.15) is 0 Å². The number of carboxylic acid groups (broad SMARTS) is 1. The SMILES string of the molecule is C=C(/C=C\C)COC(=O)N[C@@H](Cc1ccc(-c2ncc(-c3ccc(OCCCCCCC)cc3)cn2)cc1)C(=O)O. The molecular weight excluding hydrogens is 518 g/mol. The van der Waals surface area contributed by atoms with Crippen LogP contribution in [0.25, 0.3) is 22.5 Å². The van der Waals surface area contributed by atoms with Gasteiger partial charge in [0.25, 0.3) is 0 Å². The normalized spacial score (nSPS) is 11.7. The van der Waals surface area contributed by atoms with Crippen LogP contribution in [-0.2, 0) is 16.0 Å². The first-order valence-corrected chi connectivity index (χ1v) is 14.0. The Morgan fingerprint density at radius 2 is 1.61 bits per heavy atom. The Morgan fingerprint density at radius 1 is 0.951 bits per heavy atom. The summed E-state index contributed by atoms with van der Waals surface area (Å²) >= 11 is 0. The van der Waals surface area contributed by atoms with Crippen LogP contribution in [-0.4, -0.2) is 46.4 Å². The molecule has 41 heavy (non-hydrogen) atoms. The maximum absolute atomic E-state index is 12.0. The summed E-state index contributed by atoms with van der Waals surface area (Å²) < 4.78 is 10.9. The minimum atomic E-state index is -1.15. The lowest BCUT2D eigenvalue weighted by molar-refractivity contribution is -0.139. The van der Waals surface area contributed by atoms with Crippen molar-refractivity contribution < 1.29 is 24.2 Å². The monoisotopic (exact) mass is 557 g/mol. The summed E-state index contributed by atoms with van der Waals surface area (Å²) in [5.41, 5.74) is 4.03. The molecule has 1 heterocycles. The zero-order valence-corrected chi connectivity index (χ0v) is 23.8. The molecule has 0 aliphatic carbocycles. The molecule has 0 radical (unpaired) electrons. The fraction of sp³-hybridized carbons (Fsp3) is 0.333. The van der Waals surface area contributed by atoms with Gasteiger partial charge in [0.1, 0.15) is 18.4 Å². The van der Waals surface area contributed by atoms with E-state index >= 15 is 0 Å². The van der Waals surface area contributed by atoms with Crippen molar-refractivity contribution in [1.82, 2.24) is 15.3 Å². The van der Waals surface area contributed by atoms with Crippen molar-refractivity contribution >= 4 is 12.1 Å². The number of amides is 1. The standard InChI is InChI=1S/C33H39N3O5/c1-4-6-7-8-9-19-40-29-17-15-26(16-18-29)28-21-34-31(35-22-28)27-13-11-25(12-14-27)20-30(32(37)38)36-33(39)41-23-24(3)10-5-2/h5,10-18,21-22,30H,3-4,6-9,19-20,23H2,1-2H3,(H,36,39)(H,37,38)/b10-5-/t30-/m0/s1. The summed E-state index contributed by atoms with van der Waals surface area (Å²) in [5.74, 6) is 0.259. The van der Waals surface area contributed by atoms with E-state index in [0.717, 1.165) is 41.0 Å². The molecule has 0 aliphatic rings. The van der Waals surface area contributed by atoms with Gasteiger partial charge in [-0.1, -0.05) is 87.7 Å². The highest BCUT2D eigenvalue weighted by Gasteiger charge is 2.21. The molecular formula is C33H39N3O5. The van der Waals surface area contributed by atoms with Gasteiger partial charge in [-0.25, -0.2) is 19.6 Å². The largest absolute Gasteiger partial charge is 0.494 e. The van der Waals surface area contributed by atoms with Gasteiger partial charge in [0, 0.05) is 29.9 Å². The van der Waals surface area contributed by atoms with E-state index in [4.69, 9.17) is 9.47 Å². The van der Waals surface area contributed by atoms with Crippen LogP contribution in [0.2, 0.25) is 0 Å². The molecule has 0 aliphatic heterocycles. The minimum absolute atomic E-state index is 0.0189. The number of benzene rings is 2. The highest BCUT2D eigenvalue weighted by atomic mass is 16.5. The molecule has 2 N–H and O–H groups in total. The first-order valence-electron chi connectivity index (χ1n) is 14.0. The quantitative estimate of drug-likeness (QED) is 0.144. The number of rotatable bonds is 16. The van der Waals surface area contributed by atoms with Gasteiger partial charge in [-0.05, 0) is 42.2 Å². The molecule has 216 valence electrons. The van der Waals surface area contributed by atoms with Crippen molar-refractivity contribution in [3.8, 4) is 28.3 Å². The third-order valence-corrected chi connectivity index (χ3v) is 6.39. The third-order valence-electron chi connectivity index (χ3n) is 6.39. The van der Waals surface area contributed by atoms with Crippen LogP contribution in [0.4, 0.5) is 4.79 Å². The molecule has 0 spiro atoms. The van der Waals surface area contributed by atoms with Gasteiger partial charge in [0.15, 0.2) is 5.82 Å². The van der Waals surface area contributed by atoms with Crippen LogP contribution in [0.3, 0.4) is 0 Å². The zero-order valence-electron chi connectivity index (χ0n) is 23.8. The number of hydrogen-bond acceptors (Lipinski definition) is 6. The Labute approximate surface area is 242 Å². The third kappa shape index (κ3) is 10.6. The molecule has 0 saturated heterocycles. The number of carboxylic acids is 1. The van der Waals surface area contributed by atoms with E-state index in [-0.39, 0.29) is 13.0 Å². The van der Waals surface area contributed by atoms with Crippen molar-refractivity contribution in [3.63, 3.8) is 0 Å². The number of hydrogen-bond donors (Lipinski definition) is 2. The molecule has 0 unspecified atom stereocenters. The van der Waals surface area contributed by atoms with Crippen LogP contribution < -0.4 is 10.1 Å². The van der Waals surface area contributed by atoms with Crippen molar-refractivity contribution in [3.05, 3.63) is 90.8 Å². The first-order chi connectivity index (χ1) is 19.9. The molecule has 1 atom stereocenters. The molecule has 0 fully saturated rings.